The first kappa shape index (κ1) is 15.2. The van der Waals surface area contributed by atoms with Crippen molar-refractivity contribution in [1.29, 1.82) is 10.7 Å². The molecule has 0 amide bonds. The van der Waals surface area contributed by atoms with Gasteiger partial charge in [0.15, 0.2) is 0 Å². The van der Waals surface area contributed by atoms with Gasteiger partial charge in [0.2, 0.25) is 0 Å². The van der Waals surface area contributed by atoms with E-state index in [2.05, 4.69) is 5.32 Å². The van der Waals surface area contributed by atoms with Crippen LogP contribution in [-0.4, -0.2) is 11.2 Å². The Balaban J connectivity index is 2.12. The van der Waals surface area contributed by atoms with E-state index in [0.29, 0.717) is 22.9 Å². The number of benzene rings is 1. The molecule has 0 radical (unpaired) electrons. The Kier molecular flexibility index (Phi) is 5.28. The van der Waals surface area contributed by atoms with Gasteiger partial charge in [0.1, 0.15) is 6.07 Å². The molecule has 1 fully saturated rings. The molecule has 1 atom stereocenters. The summed E-state index contributed by atoms with van der Waals surface area (Å²) in [6.45, 7) is 0. The van der Waals surface area contributed by atoms with E-state index in [1.54, 1.807) is 12.1 Å². The third-order valence-electron chi connectivity index (χ3n) is 3.81. The van der Waals surface area contributed by atoms with E-state index in [9.17, 15) is 0 Å². The standard InChI is InChI=1S/C15H17Cl2N3/c16-13-7-12(6-5-11(13)9-18)20-14(8-15(17)19)10-3-1-2-4-10/h5-7,10,14,19-20H,1-4,8H2. The molecule has 0 aromatic heterocycles. The molecule has 0 spiro atoms. The number of nitriles is 1. The highest BCUT2D eigenvalue weighted by Crippen LogP contribution is 2.32. The van der Waals surface area contributed by atoms with Crippen LogP contribution in [0.2, 0.25) is 5.02 Å². The predicted octanol–water partition coefficient (Wildman–Crippen LogP) is 4.79. The summed E-state index contributed by atoms with van der Waals surface area (Å²) in [4.78, 5) is 0. The number of nitrogens with one attached hydrogen (secondary N) is 2. The second kappa shape index (κ2) is 6.97. The largest absolute Gasteiger partial charge is 0.382 e. The van der Waals surface area contributed by atoms with Crippen LogP contribution in [0.25, 0.3) is 0 Å². The predicted molar refractivity (Wildman–Crippen MR) is 83.7 cm³/mol. The molecule has 1 aromatic carbocycles. The lowest BCUT2D eigenvalue weighted by Crippen LogP contribution is -2.29. The molecule has 1 aliphatic carbocycles. The smallest absolute Gasteiger partial charge is 0.101 e. The lowest BCUT2D eigenvalue weighted by atomic mass is 9.95. The topological polar surface area (TPSA) is 59.7 Å². The molecule has 1 saturated carbocycles. The number of hydrogen-bond acceptors (Lipinski definition) is 3. The summed E-state index contributed by atoms with van der Waals surface area (Å²) in [5.74, 6) is 0.545. The van der Waals surface area contributed by atoms with Gasteiger partial charge >= 0.3 is 0 Å². The van der Waals surface area contributed by atoms with E-state index in [4.69, 9.17) is 33.9 Å². The number of hydrogen-bond donors (Lipinski definition) is 2. The van der Waals surface area contributed by atoms with Crippen molar-refractivity contribution in [3.05, 3.63) is 28.8 Å². The highest BCUT2D eigenvalue weighted by atomic mass is 35.5. The highest BCUT2D eigenvalue weighted by Gasteiger charge is 2.25. The van der Waals surface area contributed by atoms with Crippen molar-refractivity contribution >= 4 is 34.1 Å². The molecule has 106 valence electrons. The van der Waals surface area contributed by atoms with E-state index < -0.39 is 0 Å². The van der Waals surface area contributed by atoms with Gasteiger partial charge < -0.3 is 5.32 Å². The van der Waals surface area contributed by atoms with Crippen LogP contribution in [0.3, 0.4) is 0 Å². The number of halogens is 2. The zero-order valence-corrected chi connectivity index (χ0v) is 12.6. The molecule has 1 unspecified atom stereocenters. The third-order valence-corrected chi connectivity index (χ3v) is 4.28. The fourth-order valence-electron chi connectivity index (χ4n) is 2.80. The van der Waals surface area contributed by atoms with Crippen LogP contribution in [0, 0.1) is 22.7 Å². The minimum atomic E-state index is 0.159. The van der Waals surface area contributed by atoms with Crippen molar-refractivity contribution in [2.24, 2.45) is 5.92 Å². The quantitative estimate of drug-likeness (QED) is 0.768. The van der Waals surface area contributed by atoms with Crippen molar-refractivity contribution in [3.8, 4) is 6.07 Å². The number of nitrogens with zero attached hydrogens (tertiary/aromatic N) is 1. The molecular formula is C15H17Cl2N3. The Hall–Kier alpha value is -1.24. The minimum absolute atomic E-state index is 0.159. The van der Waals surface area contributed by atoms with Crippen LogP contribution in [0.15, 0.2) is 18.2 Å². The minimum Gasteiger partial charge on any atom is -0.382 e. The van der Waals surface area contributed by atoms with Crippen molar-refractivity contribution in [2.75, 3.05) is 5.32 Å². The van der Waals surface area contributed by atoms with Crippen LogP contribution in [0.4, 0.5) is 5.69 Å². The van der Waals surface area contributed by atoms with Gasteiger partial charge in [-0.25, -0.2) is 0 Å². The first-order valence-electron chi connectivity index (χ1n) is 6.79. The number of anilines is 1. The molecule has 2 rings (SSSR count). The maximum Gasteiger partial charge on any atom is 0.101 e. The normalized spacial score (nSPS) is 16.6. The zero-order chi connectivity index (χ0) is 14.5. The summed E-state index contributed by atoms with van der Waals surface area (Å²) in [6.07, 6.45) is 5.36. The Labute approximate surface area is 129 Å². The molecule has 1 aliphatic rings. The summed E-state index contributed by atoms with van der Waals surface area (Å²) in [6, 6.07) is 7.53. The van der Waals surface area contributed by atoms with E-state index >= 15 is 0 Å². The van der Waals surface area contributed by atoms with Crippen LogP contribution >= 0.6 is 23.2 Å². The molecule has 3 nitrogen and oxygen atoms in total. The van der Waals surface area contributed by atoms with Gasteiger partial charge in [-0.1, -0.05) is 36.0 Å². The second-order valence-electron chi connectivity index (χ2n) is 5.21. The molecular weight excluding hydrogens is 293 g/mol. The summed E-state index contributed by atoms with van der Waals surface area (Å²) < 4.78 is 0. The van der Waals surface area contributed by atoms with Gasteiger partial charge in [-0.2, -0.15) is 5.26 Å². The lowest BCUT2D eigenvalue weighted by molar-refractivity contribution is 0.466. The summed E-state index contributed by atoms with van der Waals surface area (Å²) in [5.41, 5.74) is 1.35. The first-order chi connectivity index (χ1) is 9.60. The fourth-order valence-corrected chi connectivity index (χ4v) is 3.19. The van der Waals surface area contributed by atoms with Gasteiger partial charge in [0.05, 0.1) is 15.8 Å². The summed E-state index contributed by atoms with van der Waals surface area (Å²) >= 11 is 11.8. The summed E-state index contributed by atoms with van der Waals surface area (Å²) in [5, 5.41) is 20.4. The molecule has 0 heterocycles. The average Bonchev–Trinajstić information content (AvgIpc) is 2.91. The molecule has 5 heteroatoms. The molecule has 2 N–H and O–H groups in total. The molecule has 20 heavy (non-hydrogen) atoms. The Morgan fingerprint density at radius 3 is 2.70 bits per heavy atom. The average molecular weight is 310 g/mol. The maximum absolute atomic E-state index is 8.88. The van der Waals surface area contributed by atoms with E-state index in [1.807, 2.05) is 12.1 Å². The van der Waals surface area contributed by atoms with Gasteiger partial charge in [-0.15, -0.1) is 0 Å². The van der Waals surface area contributed by atoms with E-state index in [-0.39, 0.29) is 11.2 Å². The lowest BCUT2D eigenvalue weighted by Gasteiger charge is -2.25. The summed E-state index contributed by atoms with van der Waals surface area (Å²) in [7, 11) is 0. The molecule has 0 bridgehead atoms. The Morgan fingerprint density at radius 2 is 2.15 bits per heavy atom. The van der Waals surface area contributed by atoms with E-state index in [0.717, 1.165) is 5.69 Å². The molecule has 1 aromatic rings. The van der Waals surface area contributed by atoms with Crippen molar-refractivity contribution in [2.45, 2.75) is 38.1 Å². The molecule has 0 aliphatic heterocycles. The van der Waals surface area contributed by atoms with Gasteiger partial charge in [0.25, 0.3) is 0 Å². The Morgan fingerprint density at radius 1 is 1.45 bits per heavy atom. The monoisotopic (exact) mass is 309 g/mol. The highest BCUT2D eigenvalue weighted by molar-refractivity contribution is 6.64. The van der Waals surface area contributed by atoms with Gasteiger partial charge in [-0.05, 0) is 37.0 Å². The van der Waals surface area contributed by atoms with Crippen LogP contribution in [-0.2, 0) is 0 Å². The van der Waals surface area contributed by atoms with Gasteiger partial charge in [-0.3, -0.25) is 5.41 Å². The second-order valence-corrected chi connectivity index (χ2v) is 6.07. The first-order valence-corrected chi connectivity index (χ1v) is 7.55. The third kappa shape index (κ3) is 3.88. The maximum atomic E-state index is 8.88. The van der Waals surface area contributed by atoms with Crippen LogP contribution in [0.1, 0.15) is 37.7 Å². The van der Waals surface area contributed by atoms with Crippen LogP contribution in [0.5, 0.6) is 0 Å². The molecule has 0 saturated heterocycles. The van der Waals surface area contributed by atoms with E-state index in [1.165, 1.54) is 25.7 Å². The SMILES string of the molecule is N#Cc1ccc(NC(CC(=N)Cl)C2CCCC2)cc1Cl. The van der Waals surface area contributed by atoms with Crippen molar-refractivity contribution in [3.63, 3.8) is 0 Å². The van der Waals surface area contributed by atoms with Crippen molar-refractivity contribution < 1.29 is 0 Å². The van der Waals surface area contributed by atoms with Crippen LogP contribution < -0.4 is 5.32 Å². The Bertz CT molecular complexity index is 530. The fraction of sp³-hybridized carbons (Fsp3) is 0.467. The van der Waals surface area contributed by atoms with Crippen molar-refractivity contribution in [1.82, 2.24) is 0 Å². The number of rotatable bonds is 5. The van der Waals surface area contributed by atoms with Gasteiger partial charge in [0, 0.05) is 18.2 Å². The zero-order valence-electron chi connectivity index (χ0n) is 11.1.